The first-order chi connectivity index (χ1) is 14.8. The summed E-state index contributed by atoms with van der Waals surface area (Å²) in [6.45, 7) is 16.3. The van der Waals surface area contributed by atoms with Crippen molar-refractivity contribution in [3.8, 4) is 0 Å². The van der Waals surface area contributed by atoms with Gasteiger partial charge in [-0.3, -0.25) is 0 Å². The first-order valence-electron chi connectivity index (χ1n) is 11.6. The molecule has 2 atom stereocenters. The van der Waals surface area contributed by atoms with Crippen LogP contribution in [-0.4, -0.2) is 68.1 Å². The number of carbonyl (C=O) groups is 1. The quantitative estimate of drug-likeness (QED) is 0.597. The van der Waals surface area contributed by atoms with Crippen LogP contribution in [0.2, 0.25) is 0 Å². The molecule has 1 amide bonds. The van der Waals surface area contributed by atoms with Crippen molar-refractivity contribution >= 4 is 16.1 Å². The summed E-state index contributed by atoms with van der Waals surface area (Å²) >= 11 is 0. The summed E-state index contributed by atoms with van der Waals surface area (Å²) in [6, 6.07) is 8.90. The summed E-state index contributed by atoms with van der Waals surface area (Å²) in [5.74, 6) is 0.348. The molecule has 2 rings (SSSR count). The molecule has 1 aliphatic heterocycles. The monoisotopic (exact) mass is 467 g/mol. The van der Waals surface area contributed by atoms with Gasteiger partial charge in [-0.1, -0.05) is 45.9 Å². The number of ether oxygens (including phenoxy) is 1. The number of amides is 1. The summed E-state index contributed by atoms with van der Waals surface area (Å²) in [4.78, 5) is 14.8. The fourth-order valence-electron chi connectivity index (χ4n) is 3.92. The van der Waals surface area contributed by atoms with Gasteiger partial charge in [-0.25, -0.2) is 13.2 Å². The van der Waals surface area contributed by atoms with E-state index in [1.807, 2.05) is 40.7 Å². The van der Waals surface area contributed by atoms with E-state index in [-0.39, 0.29) is 23.8 Å². The summed E-state index contributed by atoms with van der Waals surface area (Å²) < 4.78 is 34.1. The SMILES string of the molecule is CC(C)CN(CC1CN(C(=O)OC(C)(C)C)CC1CNC(C)C)S(=O)(=O)c1ccccc1. The molecule has 1 aliphatic rings. The average molecular weight is 468 g/mol. The molecule has 1 saturated heterocycles. The van der Waals surface area contributed by atoms with Crippen molar-refractivity contribution in [2.75, 3.05) is 32.7 Å². The zero-order valence-electron chi connectivity index (χ0n) is 20.7. The lowest BCUT2D eigenvalue weighted by atomic mass is 9.95. The lowest BCUT2D eigenvalue weighted by molar-refractivity contribution is 0.0283. The van der Waals surface area contributed by atoms with Crippen molar-refractivity contribution in [3.63, 3.8) is 0 Å². The van der Waals surface area contributed by atoms with E-state index in [0.717, 1.165) is 6.54 Å². The minimum atomic E-state index is -3.63. The van der Waals surface area contributed by atoms with Gasteiger partial charge >= 0.3 is 6.09 Å². The Morgan fingerprint density at radius 2 is 1.72 bits per heavy atom. The first-order valence-corrected chi connectivity index (χ1v) is 13.0. The molecule has 32 heavy (non-hydrogen) atoms. The smallest absolute Gasteiger partial charge is 0.410 e. The number of benzene rings is 1. The van der Waals surface area contributed by atoms with Gasteiger partial charge in [0.2, 0.25) is 10.0 Å². The van der Waals surface area contributed by atoms with Crippen molar-refractivity contribution in [1.29, 1.82) is 0 Å². The van der Waals surface area contributed by atoms with Crippen LogP contribution >= 0.6 is 0 Å². The predicted molar refractivity (Wildman–Crippen MR) is 128 cm³/mol. The number of nitrogens with zero attached hydrogens (tertiary/aromatic N) is 2. The van der Waals surface area contributed by atoms with Crippen LogP contribution in [0.4, 0.5) is 4.79 Å². The van der Waals surface area contributed by atoms with E-state index >= 15 is 0 Å². The van der Waals surface area contributed by atoms with E-state index < -0.39 is 15.6 Å². The number of likely N-dealkylation sites (tertiary alicyclic amines) is 1. The summed E-state index contributed by atoms with van der Waals surface area (Å²) in [6.07, 6.45) is -0.337. The number of hydrogen-bond donors (Lipinski definition) is 1. The normalized spacial score (nSPS) is 19.9. The summed E-state index contributed by atoms with van der Waals surface area (Å²) in [5.41, 5.74) is -0.568. The number of nitrogens with one attached hydrogen (secondary N) is 1. The Bertz CT molecular complexity index is 835. The molecular weight excluding hydrogens is 426 g/mol. The second-order valence-corrected chi connectivity index (χ2v) is 12.4. The molecule has 0 spiro atoms. The highest BCUT2D eigenvalue weighted by Gasteiger charge is 2.39. The highest BCUT2D eigenvalue weighted by atomic mass is 32.2. The maximum atomic E-state index is 13.4. The average Bonchev–Trinajstić information content (AvgIpc) is 3.08. The van der Waals surface area contributed by atoms with E-state index in [1.165, 1.54) is 0 Å². The first kappa shape index (κ1) is 26.6. The van der Waals surface area contributed by atoms with Crippen LogP contribution in [0.15, 0.2) is 35.2 Å². The molecule has 8 heteroatoms. The third-order valence-electron chi connectivity index (χ3n) is 5.40. The molecule has 1 heterocycles. The molecule has 0 bridgehead atoms. The zero-order valence-corrected chi connectivity index (χ0v) is 21.5. The van der Waals surface area contributed by atoms with Gasteiger partial charge in [0.05, 0.1) is 4.90 Å². The largest absolute Gasteiger partial charge is 0.444 e. The Morgan fingerprint density at radius 3 is 2.25 bits per heavy atom. The minimum Gasteiger partial charge on any atom is -0.444 e. The Morgan fingerprint density at radius 1 is 1.12 bits per heavy atom. The van der Waals surface area contributed by atoms with Crippen LogP contribution in [0, 0.1) is 17.8 Å². The van der Waals surface area contributed by atoms with Crippen molar-refractivity contribution in [2.45, 2.75) is 65.0 Å². The maximum Gasteiger partial charge on any atom is 0.410 e. The van der Waals surface area contributed by atoms with E-state index in [2.05, 4.69) is 19.2 Å². The van der Waals surface area contributed by atoms with Crippen molar-refractivity contribution in [2.24, 2.45) is 17.8 Å². The van der Waals surface area contributed by atoms with Gasteiger partial charge in [-0.2, -0.15) is 4.31 Å². The van der Waals surface area contributed by atoms with Crippen LogP contribution in [0.5, 0.6) is 0 Å². The summed E-state index contributed by atoms with van der Waals surface area (Å²) in [5, 5.41) is 3.46. The Hall–Kier alpha value is -1.64. The van der Waals surface area contributed by atoms with Crippen LogP contribution < -0.4 is 5.32 Å². The number of sulfonamides is 1. The van der Waals surface area contributed by atoms with Crippen LogP contribution in [0.25, 0.3) is 0 Å². The summed E-state index contributed by atoms with van der Waals surface area (Å²) in [7, 11) is -3.63. The Balaban J connectivity index is 2.26. The standard InChI is InChI=1S/C24H41N3O4S/c1-18(2)14-27(32(29,30)22-11-9-8-10-12-22)17-21-16-26(23(28)31-24(5,6)7)15-20(21)13-25-19(3)4/h8-12,18-21,25H,13-17H2,1-7H3. The van der Waals surface area contributed by atoms with Crippen molar-refractivity contribution in [1.82, 2.24) is 14.5 Å². The zero-order chi connectivity index (χ0) is 24.1. The number of rotatable bonds is 9. The van der Waals surface area contributed by atoms with Gasteiger partial charge in [0.1, 0.15) is 5.60 Å². The molecule has 182 valence electrons. The Kier molecular flexibility index (Phi) is 9.14. The van der Waals surface area contributed by atoms with Gasteiger partial charge in [0.15, 0.2) is 0 Å². The van der Waals surface area contributed by atoms with E-state index in [0.29, 0.717) is 37.1 Å². The van der Waals surface area contributed by atoms with Crippen molar-refractivity contribution in [3.05, 3.63) is 30.3 Å². The van der Waals surface area contributed by atoms with Gasteiger partial charge < -0.3 is 15.0 Å². The maximum absolute atomic E-state index is 13.4. The molecule has 1 fully saturated rings. The second kappa shape index (κ2) is 11.0. The molecule has 1 N–H and O–H groups in total. The molecule has 0 saturated carbocycles. The highest BCUT2D eigenvalue weighted by Crippen LogP contribution is 2.28. The highest BCUT2D eigenvalue weighted by molar-refractivity contribution is 7.89. The fourth-order valence-corrected chi connectivity index (χ4v) is 5.60. The minimum absolute atomic E-state index is 0.0194. The second-order valence-electron chi connectivity index (χ2n) is 10.5. The lowest BCUT2D eigenvalue weighted by Gasteiger charge is -2.29. The lowest BCUT2D eigenvalue weighted by Crippen LogP contribution is -2.42. The molecule has 2 unspecified atom stereocenters. The fraction of sp³-hybridized carbons (Fsp3) is 0.708. The van der Waals surface area contributed by atoms with Gasteiger partial charge in [-0.15, -0.1) is 0 Å². The van der Waals surface area contributed by atoms with Gasteiger partial charge in [-0.05, 0) is 50.7 Å². The molecule has 1 aromatic rings. The predicted octanol–water partition coefficient (Wildman–Crippen LogP) is 3.81. The van der Waals surface area contributed by atoms with Crippen LogP contribution in [0.1, 0.15) is 48.5 Å². The third kappa shape index (κ3) is 7.74. The van der Waals surface area contributed by atoms with Crippen LogP contribution in [0.3, 0.4) is 0 Å². The topological polar surface area (TPSA) is 79.0 Å². The number of carbonyl (C=O) groups excluding carboxylic acids is 1. The van der Waals surface area contributed by atoms with E-state index in [9.17, 15) is 13.2 Å². The van der Waals surface area contributed by atoms with Crippen LogP contribution in [-0.2, 0) is 14.8 Å². The number of hydrogen-bond acceptors (Lipinski definition) is 5. The Labute approximate surface area is 194 Å². The third-order valence-corrected chi connectivity index (χ3v) is 7.25. The molecule has 0 radical (unpaired) electrons. The molecular formula is C24H41N3O4S. The molecule has 1 aromatic carbocycles. The van der Waals surface area contributed by atoms with Gasteiger partial charge in [0.25, 0.3) is 0 Å². The molecule has 0 aromatic heterocycles. The molecule has 0 aliphatic carbocycles. The molecule has 7 nitrogen and oxygen atoms in total. The van der Waals surface area contributed by atoms with Gasteiger partial charge in [0, 0.05) is 38.8 Å². The van der Waals surface area contributed by atoms with Crippen molar-refractivity contribution < 1.29 is 17.9 Å². The van der Waals surface area contributed by atoms with E-state index in [4.69, 9.17) is 4.74 Å². The van der Waals surface area contributed by atoms with E-state index in [1.54, 1.807) is 33.5 Å².